The summed E-state index contributed by atoms with van der Waals surface area (Å²) < 4.78 is 0. The van der Waals surface area contributed by atoms with Gasteiger partial charge in [0.1, 0.15) is 0 Å². The standard InChI is InChI=1S/C15H23NO/c1-12(17)14-5-3-6-15(11-14)13-7-4-9-16(2)10-8-13/h3,5-6,11-13,17H,4,7-10H2,1-2H3. The van der Waals surface area contributed by atoms with Crippen LogP contribution >= 0.6 is 0 Å². The normalized spacial score (nSPS) is 24.3. The van der Waals surface area contributed by atoms with Crippen LogP contribution in [0.1, 0.15) is 49.3 Å². The highest BCUT2D eigenvalue weighted by Crippen LogP contribution is 2.29. The Morgan fingerprint density at radius 1 is 1.29 bits per heavy atom. The molecule has 2 rings (SSSR count). The highest BCUT2D eigenvalue weighted by atomic mass is 16.3. The molecular formula is C15H23NO. The first-order valence-corrected chi connectivity index (χ1v) is 6.63. The van der Waals surface area contributed by atoms with Crippen LogP contribution in [0.3, 0.4) is 0 Å². The molecule has 1 heterocycles. The largest absolute Gasteiger partial charge is 0.389 e. The molecule has 17 heavy (non-hydrogen) atoms. The molecule has 1 saturated heterocycles. The highest BCUT2D eigenvalue weighted by molar-refractivity contribution is 5.27. The van der Waals surface area contributed by atoms with Gasteiger partial charge in [-0.05, 0) is 63.4 Å². The second kappa shape index (κ2) is 5.65. The minimum Gasteiger partial charge on any atom is -0.389 e. The molecule has 1 aromatic rings. The third-order valence-corrected chi connectivity index (χ3v) is 3.82. The molecule has 0 amide bonds. The van der Waals surface area contributed by atoms with E-state index in [-0.39, 0.29) is 6.10 Å². The molecule has 0 bridgehead atoms. The van der Waals surface area contributed by atoms with Gasteiger partial charge in [-0.15, -0.1) is 0 Å². The summed E-state index contributed by atoms with van der Waals surface area (Å²) >= 11 is 0. The van der Waals surface area contributed by atoms with E-state index < -0.39 is 0 Å². The van der Waals surface area contributed by atoms with Gasteiger partial charge in [0.2, 0.25) is 0 Å². The lowest BCUT2D eigenvalue weighted by atomic mass is 9.90. The van der Waals surface area contributed by atoms with Crippen molar-refractivity contribution in [1.82, 2.24) is 4.90 Å². The van der Waals surface area contributed by atoms with Crippen LogP contribution in [-0.4, -0.2) is 30.1 Å². The van der Waals surface area contributed by atoms with Crippen molar-refractivity contribution in [3.05, 3.63) is 35.4 Å². The number of rotatable bonds is 2. The summed E-state index contributed by atoms with van der Waals surface area (Å²) in [5, 5.41) is 9.64. The van der Waals surface area contributed by atoms with E-state index in [9.17, 15) is 5.11 Å². The third kappa shape index (κ3) is 3.30. The topological polar surface area (TPSA) is 23.5 Å². The van der Waals surface area contributed by atoms with Crippen LogP contribution in [0, 0.1) is 0 Å². The smallest absolute Gasteiger partial charge is 0.0762 e. The van der Waals surface area contributed by atoms with E-state index in [1.807, 2.05) is 13.0 Å². The summed E-state index contributed by atoms with van der Waals surface area (Å²) in [6.45, 7) is 4.23. The monoisotopic (exact) mass is 233 g/mol. The second-order valence-corrected chi connectivity index (χ2v) is 5.28. The van der Waals surface area contributed by atoms with Gasteiger partial charge in [-0.2, -0.15) is 0 Å². The number of hydrogen-bond donors (Lipinski definition) is 1. The molecule has 0 radical (unpaired) electrons. The number of nitrogens with zero attached hydrogens (tertiary/aromatic N) is 1. The average Bonchev–Trinajstić information content (AvgIpc) is 2.54. The van der Waals surface area contributed by atoms with Crippen LogP contribution in [0.2, 0.25) is 0 Å². The van der Waals surface area contributed by atoms with Crippen molar-refractivity contribution in [3.8, 4) is 0 Å². The fourth-order valence-electron chi connectivity index (χ4n) is 2.65. The fourth-order valence-corrected chi connectivity index (χ4v) is 2.65. The number of benzene rings is 1. The Kier molecular flexibility index (Phi) is 4.19. The minimum absolute atomic E-state index is 0.358. The van der Waals surface area contributed by atoms with E-state index in [0.717, 1.165) is 5.56 Å². The van der Waals surface area contributed by atoms with Crippen molar-refractivity contribution in [1.29, 1.82) is 0 Å². The third-order valence-electron chi connectivity index (χ3n) is 3.82. The van der Waals surface area contributed by atoms with Crippen molar-refractivity contribution in [2.45, 2.75) is 38.2 Å². The molecule has 0 aromatic heterocycles. The van der Waals surface area contributed by atoms with Crippen molar-refractivity contribution >= 4 is 0 Å². The van der Waals surface area contributed by atoms with Crippen molar-refractivity contribution in [2.24, 2.45) is 0 Å². The van der Waals surface area contributed by atoms with Gasteiger partial charge in [0, 0.05) is 0 Å². The number of likely N-dealkylation sites (tertiary alicyclic amines) is 1. The molecule has 1 fully saturated rings. The van der Waals surface area contributed by atoms with Crippen LogP contribution in [0.4, 0.5) is 0 Å². The molecule has 1 aliphatic heterocycles. The van der Waals surface area contributed by atoms with Crippen LogP contribution in [0.15, 0.2) is 24.3 Å². The zero-order valence-electron chi connectivity index (χ0n) is 10.9. The Balaban J connectivity index is 2.13. The van der Waals surface area contributed by atoms with E-state index >= 15 is 0 Å². The first-order chi connectivity index (χ1) is 8.16. The summed E-state index contributed by atoms with van der Waals surface area (Å²) in [5.74, 6) is 0.665. The van der Waals surface area contributed by atoms with Gasteiger partial charge >= 0.3 is 0 Å². The van der Waals surface area contributed by atoms with Crippen LogP contribution in [0.5, 0.6) is 0 Å². The van der Waals surface area contributed by atoms with Gasteiger partial charge in [-0.1, -0.05) is 24.3 Å². The van der Waals surface area contributed by atoms with E-state index in [0.29, 0.717) is 5.92 Å². The Morgan fingerprint density at radius 3 is 2.88 bits per heavy atom. The van der Waals surface area contributed by atoms with Gasteiger partial charge in [-0.3, -0.25) is 0 Å². The summed E-state index contributed by atoms with van der Waals surface area (Å²) in [6.07, 6.45) is 3.43. The molecule has 2 nitrogen and oxygen atoms in total. The summed E-state index contributed by atoms with van der Waals surface area (Å²) in [7, 11) is 2.20. The fraction of sp³-hybridized carbons (Fsp3) is 0.600. The number of aliphatic hydroxyl groups excluding tert-OH is 1. The van der Waals surface area contributed by atoms with E-state index in [1.54, 1.807) is 0 Å². The minimum atomic E-state index is -0.358. The van der Waals surface area contributed by atoms with Crippen LogP contribution in [-0.2, 0) is 0 Å². The molecule has 94 valence electrons. The Labute approximate surface area is 104 Å². The second-order valence-electron chi connectivity index (χ2n) is 5.28. The predicted octanol–water partition coefficient (Wildman–Crippen LogP) is 2.94. The number of hydrogen-bond acceptors (Lipinski definition) is 2. The first-order valence-electron chi connectivity index (χ1n) is 6.63. The molecule has 1 aromatic carbocycles. The Morgan fingerprint density at radius 2 is 2.12 bits per heavy atom. The maximum atomic E-state index is 9.64. The molecule has 0 aliphatic carbocycles. The average molecular weight is 233 g/mol. The quantitative estimate of drug-likeness (QED) is 0.849. The van der Waals surface area contributed by atoms with Crippen molar-refractivity contribution in [2.75, 3.05) is 20.1 Å². The maximum Gasteiger partial charge on any atom is 0.0762 e. The van der Waals surface area contributed by atoms with E-state index in [2.05, 4.69) is 30.1 Å². The van der Waals surface area contributed by atoms with Gasteiger partial charge in [0.05, 0.1) is 6.10 Å². The summed E-state index contributed by atoms with van der Waals surface area (Å²) in [4.78, 5) is 2.42. The summed E-state index contributed by atoms with van der Waals surface area (Å²) in [5.41, 5.74) is 2.44. The summed E-state index contributed by atoms with van der Waals surface area (Å²) in [6, 6.07) is 8.48. The molecule has 0 spiro atoms. The van der Waals surface area contributed by atoms with Gasteiger partial charge < -0.3 is 10.0 Å². The first kappa shape index (κ1) is 12.6. The molecule has 0 saturated carbocycles. The maximum absolute atomic E-state index is 9.64. The Hall–Kier alpha value is -0.860. The lowest BCUT2D eigenvalue weighted by Crippen LogP contribution is -2.18. The van der Waals surface area contributed by atoms with Crippen LogP contribution < -0.4 is 0 Å². The molecule has 2 atom stereocenters. The zero-order chi connectivity index (χ0) is 12.3. The zero-order valence-corrected chi connectivity index (χ0v) is 10.9. The SMILES string of the molecule is CC(O)c1cccc(C2CCCN(C)CC2)c1. The lowest BCUT2D eigenvalue weighted by molar-refractivity contribution is 0.199. The van der Waals surface area contributed by atoms with Gasteiger partial charge in [0.25, 0.3) is 0 Å². The van der Waals surface area contributed by atoms with Crippen molar-refractivity contribution in [3.63, 3.8) is 0 Å². The molecular weight excluding hydrogens is 210 g/mol. The van der Waals surface area contributed by atoms with Gasteiger partial charge in [-0.25, -0.2) is 0 Å². The molecule has 1 N–H and O–H groups in total. The van der Waals surface area contributed by atoms with Crippen LogP contribution in [0.25, 0.3) is 0 Å². The van der Waals surface area contributed by atoms with E-state index in [4.69, 9.17) is 0 Å². The number of aliphatic hydroxyl groups is 1. The van der Waals surface area contributed by atoms with Crippen molar-refractivity contribution < 1.29 is 5.11 Å². The molecule has 2 heteroatoms. The molecule has 2 unspecified atom stereocenters. The van der Waals surface area contributed by atoms with Gasteiger partial charge in [0.15, 0.2) is 0 Å². The lowest BCUT2D eigenvalue weighted by Gasteiger charge is -2.17. The van der Waals surface area contributed by atoms with E-state index in [1.165, 1.54) is 37.9 Å². The highest BCUT2D eigenvalue weighted by Gasteiger charge is 2.17. The molecule has 1 aliphatic rings. The predicted molar refractivity (Wildman–Crippen MR) is 71.2 cm³/mol. The Bertz CT molecular complexity index is 362.